The average Bonchev–Trinajstić information content (AvgIpc) is 2.92. The van der Waals surface area contributed by atoms with Gasteiger partial charge in [0.2, 0.25) is 5.82 Å². The third-order valence-corrected chi connectivity index (χ3v) is 2.82. The molecule has 0 saturated carbocycles. The van der Waals surface area contributed by atoms with Crippen molar-refractivity contribution >= 4 is 5.91 Å². The van der Waals surface area contributed by atoms with Gasteiger partial charge in [-0.15, -0.1) is 0 Å². The van der Waals surface area contributed by atoms with E-state index in [4.69, 9.17) is 4.74 Å². The first-order valence-corrected chi connectivity index (χ1v) is 6.34. The maximum Gasteiger partial charge on any atom is 0.291 e. The summed E-state index contributed by atoms with van der Waals surface area (Å²) in [6.07, 6.45) is 1.28. The van der Waals surface area contributed by atoms with Crippen LogP contribution < -0.4 is 10.1 Å². The van der Waals surface area contributed by atoms with Crippen LogP contribution in [0.25, 0.3) is 0 Å². The molecular weight excluding hydrogens is 256 g/mol. The Morgan fingerprint density at radius 2 is 2.00 bits per heavy atom. The number of H-pyrrole nitrogens is 1. The van der Waals surface area contributed by atoms with Crippen LogP contribution in [0.5, 0.6) is 5.75 Å². The van der Waals surface area contributed by atoms with E-state index in [0.29, 0.717) is 5.75 Å². The maximum atomic E-state index is 11.6. The van der Waals surface area contributed by atoms with E-state index in [0.717, 1.165) is 0 Å². The number of nitrogens with zero attached hydrogens (tertiary/aromatic N) is 2. The zero-order chi connectivity index (χ0) is 14.6. The fourth-order valence-electron chi connectivity index (χ4n) is 1.63. The number of carbonyl (C=O) groups is 1. The van der Waals surface area contributed by atoms with Crippen molar-refractivity contribution in [1.82, 2.24) is 20.5 Å². The van der Waals surface area contributed by atoms with Crippen LogP contribution in [0, 0.1) is 0 Å². The van der Waals surface area contributed by atoms with Crippen molar-refractivity contribution < 1.29 is 9.53 Å². The van der Waals surface area contributed by atoms with Gasteiger partial charge in [-0.05, 0) is 23.1 Å². The van der Waals surface area contributed by atoms with Gasteiger partial charge in [0.05, 0.1) is 0 Å². The lowest BCUT2D eigenvalue weighted by molar-refractivity contribution is 0.0909. The van der Waals surface area contributed by atoms with E-state index in [1.807, 2.05) is 24.3 Å². The number of ether oxygens (including phenoxy) is 1. The van der Waals surface area contributed by atoms with Crippen LogP contribution in [-0.4, -0.2) is 27.8 Å². The highest BCUT2D eigenvalue weighted by molar-refractivity contribution is 5.90. The predicted molar refractivity (Wildman–Crippen MR) is 74.5 cm³/mol. The summed E-state index contributed by atoms with van der Waals surface area (Å²) in [5.41, 5.74) is 1.34. The second-order valence-electron chi connectivity index (χ2n) is 5.40. The van der Waals surface area contributed by atoms with Crippen molar-refractivity contribution in [2.45, 2.75) is 26.2 Å². The lowest BCUT2D eigenvalue weighted by Crippen LogP contribution is -2.28. The van der Waals surface area contributed by atoms with Crippen molar-refractivity contribution in [1.29, 1.82) is 0 Å². The summed E-state index contributed by atoms with van der Waals surface area (Å²) in [5, 5.41) is 8.67. The summed E-state index contributed by atoms with van der Waals surface area (Å²) in [6, 6.07) is 7.82. The van der Waals surface area contributed by atoms with E-state index in [2.05, 4.69) is 41.3 Å². The largest absolute Gasteiger partial charge is 0.473 e. The zero-order valence-corrected chi connectivity index (χ0v) is 11.8. The number of hydrogen-bond donors (Lipinski definition) is 2. The summed E-state index contributed by atoms with van der Waals surface area (Å²) in [6.45, 7) is 6.54. The van der Waals surface area contributed by atoms with Gasteiger partial charge < -0.3 is 10.1 Å². The Bertz CT molecular complexity index is 556. The van der Waals surface area contributed by atoms with Crippen LogP contribution in [0.2, 0.25) is 0 Å². The summed E-state index contributed by atoms with van der Waals surface area (Å²) in [4.78, 5) is 15.3. The van der Waals surface area contributed by atoms with Gasteiger partial charge in [0.15, 0.2) is 6.73 Å². The van der Waals surface area contributed by atoms with Crippen LogP contribution in [0.15, 0.2) is 30.6 Å². The molecule has 0 atom stereocenters. The highest BCUT2D eigenvalue weighted by Crippen LogP contribution is 2.24. The van der Waals surface area contributed by atoms with Gasteiger partial charge in [0.25, 0.3) is 5.91 Å². The number of carbonyl (C=O) groups excluding carboxylic acids is 1. The topological polar surface area (TPSA) is 79.9 Å². The number of hydrogen-bond acceptors (Lipinski definition) is 4. The number of aromatic nitrogens is 3. The molecule has 0 spiro atoms. The van der Waals surface area contributed by atoms with Gasteiger partial charge in [-0.1, -0.05) is 32.9 Å². The highest BCUT2D eigenvalue weighted by Gasteiger charge is 2.13. The minimum absolute atomic E-state index is 0.0778. The maximum absolute atomic E-state index is 11.6. The van der Waals surface area contributed by atoms with Crippen molar-refractivity contribution in [3.63, 3.8) is 0 Å². The molecule has 6 nitrogen and oxygen atoms in total. The molecule has 106 valence electrons. The minimum atomic E-state index is -0.353. The SMILES string of the molecule is CC(C)(C)c1ccc(OCNC(=O)c2ncn[nH]2)cc1. The van der Waals surface area contributed by atoms with E-state index in [-0.39, 0.29) is 23.9 Å². The molecule has 20 heavy (non-hydrogen) atoms. The molecule has 0 fully saturated rings. The second kappa shape index (κ2) is 5.73. The first-order chi connectivity index (χ1) is 9.47. The molecule has 2 aromatic rings. The van der Waals surface area contributed by atoms with Crippen LogP contribution in [0.1, 0.15) is 37.0 Å². The van der Waals surface area contributed by atoms with E-state index in [9.17, 15) is 4.79 Å². The zero-order valence-electron chi connectivity index (χ0n) is 11.8. The lowest BCUT2D eigenvalue weighted by atomic mass is 9.87. The molecule has 1 aromatic carbocycles. The van der Waals surface area contributed by atoms with E-state index in [1.165, 1.54) is 11.9 Å². The molecule has 0 aliphatic carbocycles. The van der Waals surface area contributed by atoms with Gasteiger partial charge >= 0.3 is 0 Å². The quantitative estimate of drug-likeness (QED) is 0.834. The third-order valence-electron chi connectivity index (χ3n) is 2.82. The first-order valence-electron chi connectivity index (χ1n) is 6.34. The molecule has 6 heteroatoms. The Kier molecular flexibility index (Phi) is 4.02. The van der Waals surface area contributed by atoms with Gasteiger partial charge in [-0.25, -0.2) is 4.98 Å². The number of aromatic amines is 1. The van der Waals surface area contributed by atoms with Crippen molar-refractivity contribution in [2.24, 2.45) is 0 Å². The molecule has 2 rings (SSSR count). The molecule has 0 unspecified atom stereocenters. The molecule has 0 bridgehead atoms. The van der Waals surface area contributed by atoms with Gasteiger partial charge in [0, 0.05) is 0 Å². The Labute approximate surface area is 117 Å². The van der Waals surface area contributed by atoms with Gasteiger partial charge in [-0.2, -0.15) is 5.10 Å². The van der Waals surface area contributed by atoms with Crippen LogP contribution >= 0.6 is 0 Å². The van der Waals surface area contributed by atoms with Crippen molar-refractivity contribution in [3.8, 4) is 5.75 Å². The fraction of sp³-hybridized carbons (Fsp3) is 0.357. The third kappa shape index (κ3) is 3.57. The highest BCUT2D eigenvalue weighted by atomic mass is 16.5. The smallest absolute Gasteiger partial charge is 0.291 e. The molecule has 1 amide bonds. The number of nitrogens with one attached hydrogen (secondary N) is 2. The monoisotopic (exact) mass is 274 g/mol. The molecule has 0 aliphatic heterocycles. The predicted octanol–water partition coefficient (Wildman–Crippen LogP) is 1.87. The van der Waals surface area contributed by atoms with Crippen LogP contribution in [0.4, 0.5) is 0 Å². The summed E-state index contributed by atoms with van der Waals surface area (Å²) < 4.78 is 5.45. The minimum Gasteiger partial charge on any atom is -0.473 e. The molecule has 0 aliphatic rings. The second-order valence-corrected chi connectivity index (χ2v) is 5.40. The molecular formula is C14H18N4O2. The lowest BCUT2D eigenvalue weighted by Gasteiger charge is -2.19. The van der Waals surface area contributed by atoms with Crippen molar-refractivity contribution in [3.05, 3.63) is 42.0 Å². The first kappa shape index (κ1) is 14.0. The molecule has 0 saturated heterocycles. The Hall–Kier alpha value is -2.37. The summed E-state index contributed by atoms with van der Waals surface area (Å²) in [7, 11) is 0. The number of amides is 1. The fourth-order valence-corrected chi connectivity index (χ4v) is 1.63. The summed E-state index contributed by atoms with van der Waals surface area (Å²) >= 11 is 0. The van der Waals surface area contributed by atoms with Crippen LogP contribution in [-0.2, 0) is 5.41 Å². The summed E-state index contributed by atoms with van der Waals surface area (Å²) in [5.74, 6) is 0.515. The van der Waals surface area contributed by atoms with Crippen molar-refractivity contribution in [2.75, 3.05) is 6.73 Å². The number of benzene rings is 1. The van der Waals surface area contributed by atoms with E-state index < -0.39 is 0 Å². The Morgan fingerprint density at radius 3 is 2.55 bits per heavy atom. The molecule has 0 radical (unpaired) electrons. The van der Waals surface area contributed by atoms with Crippen LogP contribution in [0.3, 0.4) is 0 Å². The molecule has 2 N–H and O–H groups in total. The Morgan fingerprint density at radius 1 is 1.30 bits per heavy atom. The Balaban J connectivity index is 1.84. The molecule has 1 heterocycles. The van der Waals surface area contributed by atoms with Gasteiger partial charge in [0.1, 0.15) is 12.1 Å². The molecule has 1 aromatic heterocycles. The number of rotatable bonds is 4. The average molecular weight is 274 g/mol. The normalized spacial score (nSPS) is 11.2. The van der Waals surface area contributed by atoms with E-state index in [1.54, 1.807) is 0 Å². The standard InChI is InChI=1S/C14H18N4O2/c1-14(2,3)10-4-6-11(7-5-10)20-9-16-13(19)12-15-8-17-18-12/h4-8H,9H2,1-3H3,(H,16,19)(H,15,17,18). The van der Waals surface area contributed by atoms with Gasteiger partial charge in [-0.3, -0.25) is 9.89 Å². The van der Waals surface area contributed by atoms with E-state index >= 15 is 0 Å².